The maximum absolute atomic E-state index is 11.9. The molecule has 0 bridgehead atoms. The molecule has 2 heterocycles. The first kappa shape index (κ1) is 13.9. The van der Waals surface area contributed by atoms with Crippen LogP contribution in [-0.4, -0.2) is 34.3 Å². The van der Waals surface area contributed by atoms with Crippen molar-refractivity contribution in [2.24, 2.45) is 7.05 Å². The first-order valence-corrected chi connectivity index (χ1v) is 7.21. The number of para-hydroxylation sites is 2. The van der Waals surface area contributed by atoms with Crippen LogP contribution in [0.1, 0.15) is 19.2 Å². The van der Waals surface area contributed by atoms with Crippen LogP contribution in [0.4, 0.5) is 4.79 Å². The zero-order chi connectivity index (χ0) is 14.8. The summed E-state index contributed by atoms with van der Waals surface area (Å²) >= 11 is 0. The second-order valence-electron chi connectivity index (χ2n) is 5.37. The van der Waals surface area contributed by atoms with Gasteiger partial charge in [0.25, 0.3) is 0 Å². The van der Waals surface area contributed by atoms with E-state index >= 15 is 0 Å². The third-order valence-corrected chi connectivity index (χ3v) is 3.98. The number of carbonyl (C=O) groups excluding carboxylic acids is 1. The Balaban J connectivity index is 1.61. The number of carbonyl (C=O) groups is 1. The second kappa shape index (κ2) is 5.73. The highest BCUT2D eigenvalue weighted by atomic mass is 16.5. The summed E-state index contributed by atoms with van der Waals surface area (Å²) in [5, 5.41) is 5.80. The van der Waals surface area contributed by atoms with Gasteiger partial charge in [-0.15, -0.1) is 0 Å². The van der Waals surface area contributed by atoms with Crippen molar-refractivity contribution in [1.29, 1.82) is 0 Å². The van der Waals surface area contributed by atoms with Crippen LogP contribution in [-0.2, 0) is 18.3 Å². The molecular weight excluding hydrogens is 268 g/mol. The summed E-state index contributed by atoms with van der Waals surface area (Å²) in [6.07, 6.45) is 0.937. The van der Waals surface area contributed by atoms with Crippen LogP contribution in [0.15, 0.2) is 24.3 Å². The summed E-state index contributed by atoms with van der Waals surface area (Å²) < 4.78 is 7.43. The molecule has 0 saturated carbocycles. The van der Waals surface area contributed by atoms with Crippen molar-refractivity contribution >= 4 is 17.1 Å². The van der Waals surface area contributed by atoms with Crippen molar-refractivity contribution in [2.75, 3.05) is 6.61 Å². The van der Waals surface area contributed by atoms with Gasteiger partial charge >= 0.3 is 6.03 Å². The summed E-state index contributed by atoms with van der Waals surface area (Å²) in [6, 6.07) is 7.84. The lowest BCUT2D eigenvalue weighted by atomic mass is 10.2. The van der Waals surface area contributed by atoms with Gasteiger partial charge in [-0.25, -0.2) is 9.78 Å². The number of aryl methyl sites for hydroxylation is 1. The molecule has 0 unspecified atom stereocenters. The second-order valence-corrected chi connectivity index (χ2v) is 5.37. The first-order valence-electron chi connectivity index (χ1n) is 7.21. The van der Waals surface area contributed by atoms with Gasteiger partial charge < -0.3 is 19.9 Å². The largest absolute Gasteiger partial charge is 0.376 e. The van der Waals surface area contributed by atoms with Gasteiger partial charge in [0.15, 0.2) is 0 Å². The van der Waals surface area contributed by atoms with Gasteiger partial charge in [-0.2, -0.15) is 0 Å². The molecule has 2 aromatic rings. The van der Waals surface area contributed by atoms with Crippen LogP contribution in [0, 0.1) is 0 Å². The van der Waals surface area contributed by atoms with E-state index in [1.165, 1.54) is 0 Å². The molecule has 6 nitrogen and oxygen atoms in total. The number of imidazole rings is 1. The zero-order valence-corrected chi connectivity index (χ0v) is 12.3. The Morgan fingerprint density at radius 1 is 1.48 bits per heavy atom. The van der Waals surface area contributed by atoms with Gasteiger partial charge in [0, 0.05) is 13.7 Å². The molecule has 1 aliphatic rings. The van der Waals surface area contributed by atoms with Gasteiger partial charge in [0.2, 0.25) is 0 Å². The standard InChI is InChI=1S/C15H20N4O2/c1-10-11(7-8-21-10)18-15(20)16-9-14-17-12-5-3-4-6-13(12)19(14)2/h3-6,10-11H,7-9H2,1-2H3,(H2,16,18,20)/t10-,11-/m1/s1. The van der Waals surface area contributed by atoms with Crippen molar-refractivity contribution in [3.05, 3.63) is 30.1 Å². The average molecular weight is 288 g/mol. The van der Waals surface area contributed by atoms with Crippen molar-refractivity contribution in [1.82, 2.24) is 20.2 Å². The molecule has 0 aliphatic carbocycles. The summed E-state index contributed by atoms with van der Waals surface area (Å²) in [6.45, 7) is 3.08. The van der Waals surface area contributed by atoms with E-state index in [9.17, 15) is 4.79 Å². The number of urea groups is 1. The highest BCUT2D eigenvalue weighted by molar-refractivity contribution is 5.76. The highest BCUT2D eigenvalue weighted by Gasteiger charge is 2.25. The molecule has 112 valence electrons. The lowest BCUT2D eigenvalue weighted by Crippen LogP contribution is -2.44. The predicted molar refractivity (Wildman–Crippen MR) is 79.9 cm³/mol. The lowest BCUT2D eigenvalue weighted by Gasteiger charge is -2.16. The number of nitrogens with one attached hydrogen (secondary N) is 2. The molecule has 2 amide bonds. The average Bonchev–Trinajstić information content (AvgIpc) is 3.02. The molecule has 1 aliphatic heterocycles. The smallest absolute Gasteiger partial charge is 0.315 e. The minimum absolute atomic E-state index is 0.0755. The molecule has 21 heavy (non-hydrogen) atoms. The number of nitrogens with zero attached hydrogens (tertiary/aromatic N) is 2. The number of aromatic nitrogens is 2. The SMILES string of the molecule is C[C@H]1OCC[C@H]1NC(=O)NCc1nc2ccccc2n1C. The number of rotatable bonds is 3. The van der Waals surface area contributed by atoms with Gasteiger partial charge in [-0.05, 0) is 25.5 Å². The Hall–Kier alpha value is -2.08. The zero-order valence-electron chi connectivity index (χ0n) is 12.3. The van der Waals surface area contributed by atoms with E-state index < -0.39 is 0 Å². The lowest BCUT2D eigenvalue weighted by molar-refractivity contribution is 0.114. The van der Waals surface area contributed by atoms with Crippen molar-refractivity contribution in [3.63, 3.8) is 0 Å². The van der Waals surface area contributed by atoms with Crippen LogP contribution < -0.4 is 10.6 Å². The van der Waals surface area contributed by atoms with Crippen LogP contribution >= 0.6 is 0 Å². The number of benzene rings is 1. The molecule has 1 fully saturated rings. The summed E-state index contributed by atoms with van der Waals surface area (Å²) in [5.74, 6) is 0.835. The number of amides is 2. The normalized spacial score (nSPS) is 21.6. The number of fused-ring (bicyclic) bond motifs is 1. The van der Waals surface area contributed by atoms with Gasteiger partial charge in [0.05, 0.1) is 29.7 Å². The molecule has 2 N–H and O–H groups in total. The quantitative estimate of drug-likeness (QED) is 0.900. The number of hydrogen-bond acceptors (Lipinski definition) is 3. The third-order valence-electron chi connectivity index (χ3n) is 3.98. The van der Waals surface area contributed by atoms with Crippen LogP contribution in [0.3, 0.4) is 0 Å². The molecule has 1 saturated heterocycles. The molecule has 2 atom stereocenters. The molecule has 0 radical (unpaired) electrons. The molecule has 1 aromatic heterocycles. The van der Waals surface area contributed by atoms with Crippen molar-refractivity contribution in [2.45, 2.75) is 32.0 Å². The van der Waals surface area contributed by atoms with Crippen molar-refractivity contribution < 1.29 is 9.53 Å². The maximum Gasteiger partial charge on any atom is 0.315 e. The molecular formula is C15H20N4O2. The van der Waals surface area contributed by atoms with E-state index in [4.69, 9.17) is 4.74 Å². The Morgan fingerprint density at radius 3 is 3.00 bits per heavy atom. The molecule has 3 rings (SSSR count). The van der Waals surface area contributed by atoms with E-state index in [1.807, 2.05) is 42.8 Å². The Kier molecular flexibility index (Phi) is 3.79. The fraction of sp³-hybridized carbons (Fsp3) is 0.467. The van der Waals surface area contributed by atoms with Crippen LogP contribution in [0.25, 0.3) is 11.0 Å². The third kappa shape index (κ3) is 2.85. The topological polar surface area (TPSA) is 68.2 Å². The van der Waals surface area contributed by atoms with E-state index in [-0.39, 0.29) is 18.2 Å². The maximum atomic E-state index is 11.9. The van der Waals surface area contributed by atoms with Gasteiger partial charge in [-0.3, -0.25) is 0 Å². The summed E-state index contributed by atoms with van der Waals surface area (Å²) in [4.78, 5) is 16.5. The minimum Gasteiger partial charge on any atom is -0.376 e. The summed E-state index contributed by atoms with van der Waals surface area (Å²) in [7, 11) is 1.96. The van der Waals surface area contributed by atoms with E-state index in [2.05, 4.69) is 15.6 Å². The number of ether oxygens (including phenoxy) is 1. The fourth-order valence-electron chi connectivity index (χ4n) is 2.65. The Bertz CT molecular complexity index is 652. The Labute approximate surface area is 123 Å². The van der Waals surface area contributed by atoms with E-state index in [0.717, 1.165) is 23.3 Å². The number of hydrogen-bond donors (Lipinski definition) is 2. The molecule has 0 spiro atoms. The monoisotopic (exact) mass is 288 g/mol. The van der Waals surface area contributed by atoms with Gasteiger partial charge in [-0.1, -0.05) is 12.1 Å². The fourth-order valence-corrected chi connectivity index (χ4v) is 2.65. The van der Waals surface area contributed by atoms with Crippen LogP contribution in [0.5, 0.6) is 0 Å². The van der Waals surface area contributed by atoms with Crippen molar-refractivity contribution in [3.8, 4) is 0 Å². The predicted octanol–water partition coefficient (Wildman–Crippen LogP) is 1.55. The van der Waals surface area contributed by atoms with E-state index in [0.29, 0.717) is 13.2 Å². The Morgan fingerprint density at radius 2 is 2.29 bits per heavy atom. The molecule has 1 aromatic carbocycles. The highest BCUT2D eigenvalue weighted by Crippen LogP contribution is 2.14. The van der Waals surface area contributed by atoms with E-state index in [1.54, 1.807) is 0 Å². The summed E-state index contributed by atoms with van der Waals surface area (Å²) in [5.41, 5.74) is 2.00. The first-order chi connectivity index (χ1) is 10.1. The van der Waals surface area contributed by atoms with Crippen LogP contribution in [0.2, 0.25) is 0 Å². The van der Waals surface area contributed by atoms with Gasteiger partial charge in [0.1, 0.15) is 5.82 Å². The minimum atomic E-state index is -0.176. The molecule has 6 heteroatoms.